The van der Waals surface area contributed by atoms with E-state index < -0.39 is 0 Å². The largest absolute Gasteiger partial charge is 0.370 e. The van der Waals surface area contributed by atoms with Crippen LogP contribution in [-0.2, 0) is 4.74 Å². The number of amides is 2. The summed E-state index contributed by atoms with van der Waals surface area (Å²) in [6.07, 6.45) is 0.0458. The third-order valence-electron chi connectivity index (χ3n) is 2.66. The number of hydrogen-bond acceptors (Lipinski definition) is 3. The number of carbonyl (C=O) groups is 1. The highest BCUT2D eigenvalue weighted by molar-refractivity contribution is 5.74. The third kappa shape index (κ3) is 3.07. The van der Waals surface area contributed by atoms with Gasteiger partial charge in [-0.3, -0.25) is 0 Å². The highest BCUT2D eigenvalue weighted by atomic mass is 16.5. The Morgan fingerprint density at radius 3 is 2.80 bits per heavy atom. The Morgan fingerprint density at radius 2 is 2.27 bits per heavy atom. The molecule has 2 unspecified atom stereocenters. The summed E-state index contributed by atoms with van der Waals surface area (Å²) in [6.45, 7) is 6.36. The molecule has 2 N–H and O–H groups in total. The van der Waals surface area contributed by atoms with Crippen LogP contribution in [0.3, 0.4) is 0 Å². The maximum Gasteiger partial charge on any atom is 0.319 e. The standard InChI is InChI=1S/C10H21N3O2/c1-4-12(3)10(14)13-6-8(2)15-9(5-11)7-13/h8-9H,4-7,11H2,1-3H3. The summed E-state index contributed by atoms with van der Waals surface area (Å²) in [6, 6.07) is 0.0612. The van der Waals surface area contributed by atoms with Crippen molar-refractivity contribution in [2.75, 3.05) is 33.2 Å². The van der Waals surface area contributed by atoms with E-state index in [2.05, 4.69) is 0 Å². The van der Waals surface area contributed by atoms with E-state index in [1.807, 2.05) is 18.7 Å². The van der Waals surface area contributed by atoms with Crippen LogP contribution in [0, 0.1) is 0 Å². The van der Waals surface area contributed by atoms with Crippen molar-refractivity contribution in [3.05, 3.63) is 0 Å². The maximum absolute atomic E-state index is 11.9. The van der Waals surface area contributed by atoms with Gasteiger partial charge in [0.15, 0.2) is 0 Å². The molecule has 0 saturated carbocycles. The van der Waals surface area contributed by atoms with Gasteiger partial charge in [0, 0.05) is 33.2 Å². The van der Waals surface area contributed by atoms with Crippen molar-refractivity contribution in [3.63, 3.8) is 0 Å². The Labute approximate surface area is 91.2 Å². The molecule has 0 bridgehead atoms. The van der Waals surface area contributed by atoms with E-state index in [-0.39, 0.29) is 18.2 Å². The van der Waals surface area contributed by atoms with Crippen LogP contribution in [0.5, 0.6) is 0 Å². The molecule has 1 heterocycles. The normalized spacial score (nSPS) is 26.5. The average molecular weight is 215 g/mol. The molecule has 0 aliphatic carbocycles. The van der Waals surface area contributed by atoms with E-state index in [4.69, 9.17) is 10.5 Å². The lowest BCUT2D eigenvalue weighted by atomic mass is 10.2. The molecule has 1 saturated heterocycles. The fourth-order valence-corrected chi connectivity index (χ4v) is 1.71. The lowest BCUT2D eigenvalue weighted by Crippen LogP contribution is -2.54. The summed E-state index contributed by atoms with van der Waals surface area (Å²) in [5.41, 5.74) is 5.56. The highest BCUT2D eigenvalue weighted by Crippen LogP contribution is 2.11. The van der Waals surface area contributed by atoms with E-state index in [9.17, 15) is 4.79 Å². The molecule has 0 radical (unpaired) electrons. The molecule has 1 rings (SSSR count). The Morgan fingerprint density at radius 1 is 1.60 bits per heavy atom. The first-order valence-electron chi connectivity index (χ1n) is 5.44. The van der Waals surface area contributed by atoms with Gasteiger partial charge in [-0.05, 0) is 13.8 Å². The molecule has 88 valence electrons. The number of morpholine rings is 1. The van der Waals surface area contributed by atoms with Gasteiger partial charge in [-0.2, -0.15) is 0 Å². The van der Waals surface area contributed by atoms with Crippen LogP contribution in [0.4, 0.5) is 4.79 Å². The number of ether oxygens (including phenoxy) is 1. The first kappa shape index (κ1) is 12.3. The molecule has 0 aromatic carbocycles. The van der Waals surface area contributed by atoms with Crippen molar-refractivity contribution in [2.24, 2.45) is 5.73 Å². The van der Waals surface area contributed by atoms with Crippen LogP contribution in [0.15, 0.2) is 0 Å². The minimum absolute atomic E-state index is 0.0250. The summed E-state index contributed by atoms with van der Waals surface area (Å²) in [7, 11) is 1.81. The molecule has 5 nitrogen and oxygen atoms in total. The van der Waals surface area contributed by atoms with Gasteiger partial charge in [0.25, 0.3) is 0 Å². The zero-order chi connectivity index (χ0) is 11.4. The first-order chi connectivity index (χ1) is 7.08. The topological polar surface area (TPSA) is 58.8 Å². The number of nitrogens with zero attached hydrogens (tertiary/aromatic N) is 2. The quantitative estimate of drug-likeness (QED) is 0.711. The Kier molecular flexibility index (Phi) is 4.35. The minimum Gasteiger partial charge on any atom is -0.370 e. The summed E-state index contributed by atoms with van der Waals surface area (Å²) < 4.78 is 5.59. The van der Waals surface area contributed by atoms with Gasteiger partial charge in [0.1, 0.15) is 0 Å². The van der Waals surface area contributed by atoms with Crippen molar-refractivity contribution in [1.82, 2.24) is 9.80 Å². The van der Waals surface area contributed by atoms with Gasteiger partial charge >= 0.3 is 6.03 Å². The van der Waals surface area contributed by atoms with Crippen molar-refractivity contribution in [2.45, 2.75) is 26.1 Å². The molecule has 5 heteroatoms. The van der Waals surface area contributed by atoms with Crippen LogP contribution in [0.25, 0.3) is 0 Å². The van der Waals surface area contributed by atoms with Crippen LogP contribution in [-0.4, -0.2) is 61.3 Å². The average Bonchev–Trinajstić information content (AvgIpc) is 2.26. The second-order valence-electron chi connectivity index (χ2n) is 4.01. The maximum atomic E-state index is 11.9. The van der Waals surface area contributed by atoms with Gasteiger partial charge in [-0.15, -0.1) is 0 Å². The second kappa shape index (κ2) is 5.32. The fourth-order valence-electron chi connectivity index (χ4n) is 1.71. The predicted octanol–water partition coefficient (Wildman–Crippen LogP) is 0.106. The number of nitrogens with two attached hydrogens (primary N) is 1. The first-order valence-corrected chi connectivity index (χ1v) is 5.44. The van der Waals surface area contributed by atoms with Crippen LogP contribution >= 0.6 is 0 Å². The lowest BCUT2D eigenvalue weighted by Gasteiger charge is -2.38. The van der Waals surface area contributed by atoms with Crippen molar-refractivity contribution in [3.8, 4) is 0 Å². The number of urea groups is 1. The summed E-state index contributed by atoms with van der Waals surface area (Å²) in [5.74, 6) is 0. The van der Waals surface area contributed by atoms with Gasteiger partial charge in [-0.25, -0.2) is 4.79 Å². The number of rotatable bonds is 2. The number of hydrogen-bond donors (Lipinski definition) is 1. The Bertz CT molecular complexity index is 223. The van der Waals surface area contributed by atoms with Crippen molar-refractivity contribution in [1.29, 1.82) is 0 Å². The lowest BCUT2D eigenvalue weighted by molar-refractivity contribution is -0.0616. The van der Waals surface area contributed by atoms with Crippen molar-refractivity contribution >= 4 is 6.03 Å². The monoisotopic (exact) mass is 215 g/mol. The zero-order valence-corrected chi connectivity index (χ0v) is 9.77. The van der Waals surface area contributed by atoms with E-state index in [0.29, 0.717) is 19.6 Å². The second-order valence-corrected chi connectivity index (χ2v) is 4.01. The molecule has 2 amide bonds. The predicted molar refractivity (Wildman–Crippen MR) is 58.7 cm³/mol. The Hall–Kier alpha value is -0.810. The van der Waals surface area contributed by atoms with Crippen molar-refractivity contribution < 1.29 is 9.53 Å². The molecule has 15 heavy (non-hydrogen) atoms. The van der Waals surface area contributed by atoms with Gasteiger partial charge in [-0.1, -0.05) is 0 Å². The van der Waals surface area contributed by atoms with Gasteiger partial charge in [0.05, 0.1) is 12.2 Å². The summed E-state index contributed by atoms with van der Waals surface area (Å²) >= 11 is 0. The molecule has 1 aliphatic rings. The van der Waals surface area contributed by atoms with Gasteiger partial charge in [0.2, 0.25) is 0 Å². The SMILES string of the molecule is CCN(C)C(=O)N1CC(C)OC(CN)C1. The summed E-state index contributed by atoms with van der Waals surface area (Å²) in [4.78, 5) is 15.4. The molecule has 0 aromatic rings. The minimum atomic E-state index is -0.0250. The molecule has 2 atom stereocenters. The Balaban J connectivity index is 2.57. The molecule has 1 aliphatic heterocycles. The highest BCUT2D eigenvalue weighted by Gasteiger charge is 2.28. The molecule has 1 fully saturated rings. The molecular formula is C10H21N3O2. The smallest absolute Gasteiger partial charge is 0.319 e. The molecule has 0 aromatic heterocycles. The molecule has 0 spiro atoms. The number of carbonyl (C=O) groups excluding carboxylic acids is 1. The van der Waals surface area contributed by atoms with E-state index in [1.54, 1.807) is 11.9 Å². The van der Waals surface area contributed by atoms with Crippen LogP contribution in [0.1, 0.15) is 13.8 Å². The van der Waals surface area contributed by atoms with Crippen LogP contribution in [0.2, 0.25) is 0 Å². The van der Waals surface area contributed by atoms with E-state index in [1.165, 1.54) is 0 Å². The summed E-state index contributed by atoms with van der Waals surface area (Å²) in [5, 5.41) is 0. The van der Waals surface area contributed by atoms with Gasteiger partial charge < -0.3 is 20.3 Å². The van der Waals surface area contributed by atoms with E-state index >= 15 is 0 Å². The van der Waals surface area contributed by atoms with Crippen LogP contribution < -0.4 is 5.73 Å². The third-order valence-corrected chi connectivity index (χ3v) is 2.66. The van der Waals surface area contributed by atoms with E-state index in [0.717, 1.165) is 6.54 Å². The zero-order valence-electron chi connectivity index (χ0n) is 9.77. The fraction of sp³-hybridized carbons (Fsp3) is 0.900. The molecular weight excluding hydrogens is 194 g/mol.